The summed E-state index contributed by atoms with van der Waals surface area (Å²) in [4.78, 5) is 24.2. The fraction of sp³-hybridized carbons (Fsp3) is 0.182. The zero-order chi connectivity index (χ0) is 19.9. The van der Waals surface area contributed by atoms with Crippen LogP contribution in [0.5, 0.6) is 0 Å². The van der Waals surface area contributed by atoms with E-state index >= 15 is 0 Å². The molecule has 0 radical (unpaired) electrons. The molecule has 1 heterocycles. The SMILES string of the molecule is Cc1ccc(-c2ccc(=O)n(CCCC(=O)Nc3ccccc3C#N)n2)cc1. The second kappa shape index (κ2) is 8.78. The molecule has 28 heavy (non-hydrogen) atoms. The van der Waals surface area contributed by atoms with Gasteiger partial charge in [0.15, 0.2) is 0 Å². The van der Waals surface area contributed by atoms with Crippen LogP contribution >= 0.6 is 0 Å². The van der Waals surface area contributed by atoms with Crippen molar-refractivity contribution in [3.63, 3.8) is 0 Å². The number of nitriles is 1. The number of nitrogens with zero attached hydrogens (tertiary/aromatic N) is 3. The lowest BCUT2D eigenvalue weighted by Gasteiger charge is -2.09. The van der Waals surface area contributed by atoms with E-state index < -0.39 is 0 Å². The van der Waals surface area contributed by atoms with Gasteiger partial charge in [0, 0.05) is 24.6 Å². The number of aryl methyl sites for hydroxylation is 2. The highest BCUT2D eigenvalue weighted by atomic mass is 16.1. The Labute approximate surface area is 163 Å². The van der Waals surface area contributed by atoms with Crippen LogP contribution in [0.3, 0.4) is 0 Å². The first-order valence-electron chi connectivity index (χ1n) is 9.01. The monoisotopic (exact) mass is 372 g/mol. The molecule has 1 amide bonds. The van der Waals surface area contributed by atoms with Crippen molar-refractivity contribution in [1.82, 2.24) is 9.78 Å². The van der Waals surface area contributed by atoms with E-state index in [1.807, 2.05) is 37.3 Å². The summed E-state index contributed by atoms with van der Waals surface area (Å²) in [6, 6.07) is 20.0. The van der Waals surface area contributed by atoms with Crippen molar-refractivity contribution in [2.75, 3.05) is 5.32 Å². The number of aromatic nitrogens is 2. The number of carbonyl (C=O) groups excluding carboxylic acids is 1. The summed E-state index contributed by atoms with van der Waals surface area (Å²) in [5.74, 6) is -0.203. The molecule has 3 aromatic rings. The lowest BCUT2D eigenvalue weighted by atomic mass is 10.1. The number of rotatable bonds is 6. The molecule has 1 N–H and O–H groups in total. The van der Waals surface area contributed by atoms with Crippen molar-refractivity contribution in [3.05, 3.63) is 82.1 Å². The molecule has 6 nitrogen and oxygen atoms in total. The van der Waals surface area contributed by atoms with Crippen LogP contribution in [0, 0.1) is 18.3 Å². The summed E-state index contributed by atoms with van der Waals surface area (Å²) >= 11 is 0. The average Bonchev–Trinajstić information content (AvgIpc) is 2.70. The first-order chi connectivity index (χ1) is 13.6. The Balaban J connectivity index is 1.62. The standard InChI is InChI=1S/C22H20N4O2/c1-16-8-10-17(11-9-16)20-12-13-22(28)26(25-20)14-4-7-21(27)24-19-6-3-2-5-18(19)15-23/h2-3,5-6,8-13H,4,7,14H2,1H3,(H,24,27). The Hall–Kier alpha value is -3.72. The van der Waals surface area contributed by atoms with Gasteiger partial charge in [0.1, 0.15) is 6.07 Å². The third kappa shape index (κ3) is 4.71. The summed E-state index contributed by atoms with van der Waals surface area (Å²) in [6.07, 6.45) is 0.688. The van der Waals surface area contributed by atoms with Crippen LogP contribution in [0.2, 0.25) is 0 Å². The molecule has 3 rings (SSSR count). The summed E-state index contributed by atoms with van der Waals surface area (Å²) in [5, 5.41) is 16.2. The van der Waals surface area contributed by atoms with Gasteiger partial charge in [-0.05, 0) is 31.5 Å². The molecule has 0 spiro atoms. The maximum absolute atomic E-state index is 12.1. The maximum Gasteiger partial charge on any atom is 0.266 e. The van der Waals surface area contributed by atoms with E-state index in [1.165, 1.54) is 10.7 Å². The smallest absolute Gasteiger partial charge is 0.266 e. The fourth-order valence-electron chi connectivity index (χ4n) is 2.78. The van der Waals surface area contributed by atoms with Gasteiger partial charge in [0.2, 0.25) is 5.91 Å². The summed E-state index contributed by atoms with van der Waals surface area (Å²) < 4.78 is 1.38. The minimum Gasteiger partial charge on any atom is -0.325 e. The molecule has 6 heteroatoms. The van der Waals surface area contributed by atoms with Gasteiger partial charge in [-0.2, -0.15) is 10.4 Å². The predicted octanol–water partition coefficient (Wildman–Crippen LogP) is 3.51. The zero-order valence-electron chi connectivity index (χ0n) is 15.6. The molecule has 0 aliphatic heterocycles. The number of benzene rings is 2. The van der Waals surface area contributed by atoms with Crippen molar-refractivity contribution in [2.45, 2.75) is 26.3 Å². The fourth-order valence-corrected chi connectivity index (χ4v) is 2.78. The third-order valence-electron chi connectivity index (χ3n) is 4.31. The van der Waals surface area contributed by atoms with E-state index in [9.17, 15) is 9.59 Å². The maximum atomic E-state index is 12.1. The normalized spacial score (nSPS) is 10.3. The van der Waals surface area contributed by atoms with Crippen molar-refractivity contribution in [2.24, 2.45) is 0 Å². The number of carbonyl (C=O) groups is 1. The molecule has 0 bridgehead atoms. The molecular weight excluding hydrogens is 352 g/mol. The summed E-state index contributed by atoms with van der Waals surface area (Å²) in [5.41, 5.74) is 3.51. The molecule has 2 aromatic carbocycles. The molecule has 0 saturated heterocycles. The van der Waals surface area contributed by atoms with Gasteiger partial charge in [-0.3, -0.25) is 9.59 Å². The predicted molar refractivity (Wildman–Crippen MR) is 108 cm³/mol. The van der Waals surface area contributed by atoms with E-state index in [-0.39, 0.29) is 17.9 Å². The highest BCUT2D eigenvalue weighted by molar-refractivity contribution is 5.92. The lowest BCUT2D eigenvalue weighted by molar-refractivity contribution is -0.116. The molecule has 0 aliphatic rings. The van der Waals surface area contributed by atoms with Gasteiger partial charge >= 0.3 is 0 Å². The topological polar surface area (TPSA) is 87.8 Å². The Bertz CT molecular complexity index is 1080. The van der Waals surface area contributed by atoms with Crippen LogP contribution in [0.4, 0.5) is 5.69 Å². The molecule has 0 unspecified atom stereocenters. The van der Waals surface area contributed by atoms with E-state index in [2.05, 4.69) is 10.4 Å². The largest absolute Gasteiger partial charge is 0.325 e. The van der Waals surface area contributed by atoms with E-state index in [1.54, 1.807) is 30.3 Å². The second-order valence-corrected chi connectivity index (χ2v) is 6.46. The first kappa shape index (κ1) is 19.1. The summed E-state index contributed by atoms with van der Waals surface area (Å²) in [6.45, 7) is 2.35. The highest BCUT2D eigenvalue weighted by Crippen LogP contribution is 2.16. The number of anilines is 1. The number of nitrogens with one attached hydrogen (secondary N) is 1. The number of hydrogen-bond donors (Lipinski definition) is 1. The second-order valence-electron chi connectivity index (χ2n) is 6.46. The summed E-state index contributed by atoms with van der Waals surface area (Å²) in [7, 11) is 0. The Morgan fingerprint density at radius 2 is 1.86 bits per heavy atom. The molecule has 0 fully saturated rings. The number of hydrogen-bond acceptors (Lipinski definition) is 4. The number of para-hydroxylation sites is 1. The van der Waals surface area contributed by atoms with E-state index in [0.717, 1.165) is 11.1 Å². The van der Waals surface area contributed by atoms with E-state index in [0.29, 0.717) is 29.9 Å². The van der Waals surface area contributed by atoms with Gasteiger partial charge in [-0.25, -0.2) is 4.68 Å². The van der Waals surface area contributed by atoms with Crippen molar-refractivity contribution in [3.8, 4) is 17.3 Å². The molecule has 140 valence electrons. The van der Waals surface area contributed by atoms with Gasteiger partial charge in [0.25, 0.3) is 5.56 Å². The first-order valence-corrected chi connectivity index (χ1v) is 9.01. The van der Waals surface area contributed by atoms with E-state index in [4.69, 9.17) is 5.26 Å². The number of amides is 1. The molecular formula is C22H20N4O2. The minimum atomic E-state index is -0.203. The van der Waals surface area contributed by atoms with Crippen LogP contribution in [-0.2, 0) is 11.3 Å². The Morgan fingerprint density at radius 1 is 1.11 bits per heavy atom. The molecule has 0 atom stereocenters. The Morgan fingerprint density at radius 3 is 2.61 bits per heavy atom. The third-order valence-corrected chi connectivity index (χ3v) is 4.31. The van der Waals surface area contributed by atoms with Crippen LogP contribution in [0.1, 0.15) is 24.0 Å². The van der Waals surface area contributed by atoms with Gasteiger partial charge < -0.3 is 5.32 Å². The van der Waals surface area contributed by atoms with Crippen molar-refractivity contribution >= 4 is 11.6 Å². The zero-order valence-corrected chi connectivity index (χ0v) is 15.6. The molecule has 0 aliphatic carbocycles. The van der Waals surface area contributed by atoms with Crippen molar-refractivity contribution in [1.29, 1.82) is 5.26 Å². The van der Waals surface area contributed by atoms with Gasteiger partial charge in [-0.15, -0.1) is 0 Å². The van der Waals surface area contributed by atoms with Gasteiger partial charge in [0.05, 0.1) is 16.9 Å². The average molecular weight is 372 g/mol. The van der Waals surface area contributed by atoms with Crippen molar-refractivity contribution < 1.29 is 4.79 Å². The van der Waals surface area contributed by atoms with Gasteiger partial charge in [-0.1, -0.05) is 42.0 Å². The Kier molecular flexibility index (Phi) is 5.97. The minimum absolute atomic E-state index is 0.203. The highest BCUT2D eigenvalue weighted by Gasteiger charge is 2.08. The molecule has 1 aromatic heterocycles. The van der Waals surface area contributed by atoms with Crippen LogP contribution < -0.4 is 10.9 Å². The van der Waals surface area contributed by atoms with Crippen LogP contribution in [0.15, 0.2) is 65.5 Å². The quantitative estimate of drug-likeness (QED) is 0.717. The molecule has 0 saturated carbocycles. The van der Waals surface area contributed by atoms with Crippen LogP contribution in [0.25, 0.3) is 11.3 Å². The lowest BCUT2D eigenvalue weighted by Crippen LogP contribution is -2.23. The van der Waals surface area contributed by atoms with Crippen LogP contribution in [-0.4, -0.2) is 15.7 Å².